The molecule has 0 aliphatic rings. The number of rotatable bonds is 7. The van der Waals surface area contributed by atoms with Crippen LogP contribution < -0.4 is 0 Å². The van der Waals surface area contributed by atoms with Gasteiger partial charge in [-0.3, -0.25) is 14.6 Å². The first-order valence-electron chi connectivity index (χ1n) is 9.20. The summed E-state index contributed by atoms with van der Waals surface area (Å²) in [5.41, 5.74) is 3.08. The number of pyridine rings is 1. The van der Waals surface area contributed by atoms with E-state index in [0.29, 0.717) is 17.2 Å². The van der Waals surface area contributed by atoms with Crippen molar-refractivity contribution in [3.05, 3.63) is 65.0 Å². The number of amides is 1. The van der Waals surface area contributed by atoms with Gasteiger partial charge in [0.2, 0.25) is 0 Å². The number of benzene rings is 1. The Labute approximate surface area is 161 Å². The Morgan fingerprint density at radius 1 is 1.07 bits per heavy atom. The molecule has 5 nitrogen and oxygen atoms in total. The van der Waals surface area contributed by atoms with Gasteiger partial charge in [0.1, 0.15) is 6.61 Å². The number of nitrogens with zero attached hydrogens (tertiary/aromatic N) is 2. The molecule has 1 unspecified atom stereocenters. The third kappa shape index (κ3) is 5.64. The number of ether oxygens (including phenoxy) is 1. The average molecular weight is 368 g/mol. The molecule has 0 bridgehead atoms. The highest BCUT2D eigenvalue weighted by Crippen LogP contribution is 2.20. The van der Waals surface area contributed by atoms with E-state index in [1.807, 2.05) is 19.1 Å². The molecule has 1 amide bonds. The summed E-state index contributed by atoms with van der Waals surface area (Å²) in [5.74, 6) is -0.283. The molecule has 1 atom stereocenters. The standard InChI is InChI=1S/C22H28N2O3/c1-15(2)13-17-8-10-18(11-9-17)16(3)22(26)27-14-20-19(7-6-12-23-20)21(25)24(4)5/h6-12,15-16H,13-14H2,1-5H3. The van der Waals surface area contributed by atoms with Gasteiger partial charge in [0.15, 0.2) is 0 Å². The molecular formula is C22H28N2O3. The molecule has 0 spiro atoms. The molecule has 2 aromatic rings. The van der Waals surface area contributed by atoms with Crippen LogP contribution >= 0.6 is 0 Å². The predicted molar refractivity (Wildman–Crippen MR) is 105 cm³/mol. The van der Waals surface area contributed by atoms with Crippen molar-refractivity contribution < 1.29 is 14.3 Å². The van der Waals surface area contributed by atoms with Crippen LogP contribution in [0.3, 0.4) is 0 Å². The van der Waals surface area contributed by atoms with Gasteiger partial charge in [0.25, 0.3) is 5.91 Å². The first kappa shape index (κ1) is 20.6. The fourth-order valence-electron chi connectivity index (χ4n) is 2.80. The molecule has 0 aliphatic heterocycles. The molecule has 1 heterocycles. The zero-order valence-corrected chi connectivity index (χ0v) is 16.7. The molecule has 0 fully saturated rings. The second kappa shape index (κ2) is 9.31. The third-order valence-electron chi connectivity index (χ3n) is 4.36. The zero-order chi connectivity index (χ0) is 20.0. The first-order valence-corrected chi connectivity index (χ1v) is 9.20. The number of esters is 1. The quantitative estimate of drug-likeness (QED) is 0.697. The van der Waals surface area contributed by atoms with E-state index < -0.39 is 0 Å². The number of hydrogen-bond acceptors (Lipinski definition) is 4. The summed E-state index contributed by atoms with van der Waals surface area (Å²) < 4.78 is 5.44. The third-order valence-corrected chi connectivity index (χ3v) is 4.36. The first-order chi connectivity index (χ1) is 12.8. The summed E-state index contributed by atoms with van der Waals surface area (Å²) in [5, 5.41) is 0. The number of carbonyl (C=O) groups is 2. The van der Waals surface area contributed by atoms with Gasteiger partial charge in [-0.25, -0.2) is 0 Å². The van der Waals surface area contributed by atoms with Crippen LogP contribution in [0.25, 0.3) is 0 Å². The molecule has 0 saturated carbocycles. The van der Waals surface area contributed by atoms with Crippen LogP contribution in [0.15, 0.2) is 42.6 Å². The van der Waals surface area contributed by atoms with Gasteiger partial charge in [-0.05, 0) is 42.5 Å². The molecule has 0 radical (unpaired) electrons. The molecule has 0 aliphatic carbocycles. The monoisotopic (exact) mass is 368 g/mol. The van der Waals surface area contributed by atoms with Crippen LogP contribution in [0.4, 0.5) is 0 Å². The lowest BCUT2D eigenvalue weighted by Crippen LogP contribution is -2.24. The lowest BCUT2D eigenvalue weighted by atomic mass is 9.97. The van der Waals surface area contributed by atoms with Crippen LogP contribution in [0, 0.1) is 5.92 Å². The summed E-state index contributed by atoms with van der Waals surface area (Å²) in [6.45, 7) is 6.16. The number of aromatic nitrogens is 1. The Hall–Kier alpha value is -2.69. The van der Waals surface area contributed by atoms with Crippen molar-refractivity contribution in [2.24, 2.45) is 5.92 Å². The molecule has 0 N–H and O–H groups in total. The topological polar surface area (TPSA) is 59.5 Å². The number of carbonyl (C=O) groups excluding carboxylic acids is 2. The van der Waals surface area contributed by atoms with E-state index in [1.54, 1.807) is 32.4 Å². The van der Waals surface area contributed by atoms with Crippen LogP contribution in [0.5, 0.6) is 0 Å². The van der Waals surface area contributed by atoms with Gasteiger partial charge in [-0.1, -0.05) is 38.1 Å². The molecule has 1 aromatic heterocycles. The molecular weight excluding hydrogens is 340 g/mol. The normalized spacial score (nSPS) is 11.9. The molecule has 144 valence electrons. The Morgan fingerprint density at radius 2 is 1.74 bits per heavy atom. The van der Waals surface area contributed by atoms with Crippen molar-refractivity contribution in [1.82, 2.24) is 9.88 Å². The van der Waals surface area contributed by atoms with Gasteiger partial charge in [0.05, 0.1) is 17.2 Å². The van der Waals surface area contributed by atoms with Crippen molar-refractivity contribution in [2.75, 3.05) is 14.1 Å². The minimum absolute atomic E-state index is 0.0235. The van der Waals surface area contributed by atoms with E-state index in [2.05, 4.69) is 31.0 Å². The Bertz CT molecular complexity index is 782. The van der Waals surface area contributed by atoms with Gasteiger partial charge in [-0.15, -0.1) is 0 Å². The summed E-state index contributed by atoms with van der Waals surface area (Å²) >= 11 is 0. The minimum Gasteiger partial charge on any atom is -0.459 e. The van der Waals surface area contributed by atoms with Crippen molar-refractivity contribution in [2.45, 2.75) is 39.7 Å². The lowest BCUT2D eigenvalue weighted by molar-refractivity contribution is -0.146. The van der Waals surface area contributed by atoms with Crippen molar-refractivity contribution in [1.29, 1.82) is 0 Å². The van der Waals surface area contributed by atoms with Crippen molar-refractivity contribution >= 4 is 11.9 Å². The average Bonchev–Trinajstić information content (AvgIpc) is 2.65. The lowest BCUT2D eigenvalue weighted by Gasteiger charge is -2.15. The van der Waals surface area contributed by atoms with E-state index in [4.69, 9.17) is 4.74 Å². The van der Waals surface area contributed by atoms with Crippen molar-refractivity contribution in [3.8, 4) is 0 Å². The summed E-state index contributed by atoms with van der Waals surface area (Å²) in [6, 6.07) is 11.5. The highest BCUT2D eigenvalue weighted by Gasteiger charge is 2.19. The summed E-state index contributed by atoms with van der Waals surface area (Å²) in [4.78, 5) is 30.3. The van der Waals surface area contributed by atoms with E-state index in [0.717, 1.165) is 12.0 Å². The summed E-state index contributed by atoms with van der Waals surface area (Å²) in [6.07, 6.45) is 2.61. The fraction of sp³-hybridized carbons (Fsp3) is 0.409. The number of hydrogen-bond donors (Lipinski definition) is 0. The highest BCUT2D eigenvalue weighted by atomic mass is 16.5. The SMILES string of the molecule is CC(C)Cc1ccc(C(C)C(=O)OCc2ncccc2C(=O)N(C)C)cc1. The van der Waals surface area contributed by atoms with Crippen LogP contribution in [0.1, 0.15) is 53.9 Å². The second-order valence-electron chi connectivity index (χ2n) is 7.37. The maximum Gasteiger partial charge on any atom is 0.313 e. The van der Waals surface area contributed by atoms with Crippen molar-refractivity contribution in [3.63, 3.8) is 0 Å². The molecule has 0 saturated heterocycles. The molecule has 27 heavy (non-hydrogen) atoms. The van der Waals surface area contributed by atoms with E-state index >= 15 is 0 Å². The maximum atomic E-state index is 12.4. The largest absolute Gasteiger partial charge is 0.459 e. The summed E-state index contributed by atoms with van der Waals surface area (Å²) in [7, 11) is 3.35. The van der Waals surface area contributed by atoms with E-state index in [-0.39, 0.29) is 24.4 Å². The maximum absolute atomic E-state index is 12.4. The second-order valence-corrected chi connectivity index (χ2v) is 7.37. The molecule has 5 heteroatoms. The predicted octanol–water partition coefficient (Wildman–Crippen LogP) is 3.83. The van der Waals surface area contributed by atoms with Gasteiger partial charge in [-0.2, -0.15) is 0 Å². The van der Waals surface area contributed by atoms with Gasteiger partial charge < -0.3 is 9.64 Å². The Balaban J connectivity index is 2.02. The fourth-order valence-corrected chi connectivity index (χ4v) is 2.80. The van der Waals surface area contributed by atoms with E-state index in [9.17, 15) is 9.59 Å². The smallest absolute Gasteiger partial charge is 0.313 e. The highest BCUT2D eigenvalue weighted by molar-refractivity contribution is 5.94. The van der Waals surface area contributed by atoms with E-state index in [1.165, 1.54) is 10.5 Å². The van der Waals surface area contributed by atoms with Crippen LogP contribution in [-0.4, -0.2) is 35.9 Å². The Morgan fingerprint density at radius 3 is 2.33 bits per heavy atom. The molecule has 1 aromatic carbocycles. The zero-order valence-electron chi connectivity index (χ0n) is 16.7. The Kier molecular flexibility index (Phi) is 7.11. The van der Waals surface area contributed by atoms with Crippen LogP contribution in [-0.2, 0) is 22.6 Å². The minimum atomic E-state index is -0.380. The van der Waals surface area contributed by atoms with Gasteiger partial charge >= 0.3 is 5.97 Å². The van der Waals surface area contributed by atoms with Crippen LogP contribution in [0.2, 0.25) is 0 Å². The molecule has 2 rings (SSSR count). The van der Waals surface area contributed by atoms with Gasteiger partial charge in [0, 0.05) is 20.3 Å².